The van der Waals surface area contributed by atoms with E-state index in [0.29, 0.717) is 11.4 Å². The van der Waals surface area contributed by atoms with E-state index in [4.69, 9.17) is 5.84 Å². The largest absolute Gasteiger partial charge is 0.355 e. The molecule has 15 heavy (non-hydrogen) atoms. The number of rotatable bonds is 4. The van der Waals surface area contributed by atoms with Crippen molar-refractivity contribution in [3.8, 4) is 0 Å². The van der Waals surface area contributed by atoms with Crippen molar-refractivity contribution in [1.82, 2.24) is 10.3 Å². The molecule has 1 amide bonds. The lowest BCUT2D eigenvalue weighted by molar-refractivity contribution is 0.0963. The number of nitrogens with one attached hydrogen (secondary N) is 2. The summed E-state index contributed by atoms with van der Waals surface area (Å²) in [5, 5.41) is 2.57. The molecular formula is C10H16N4O. The topological polar surface area (TPSA) is 80.0 Å². The SMILES string of the molecule is CCCc1cc(C(=O)NC)cc(NN)n1. The maximum atomic E-state index is 11.4. The zero-order valence-corrected chi connectivity index (χ0v) is 9.00. The van der Waals surface area contributed by atoms with Crippen molar-refractivity contribution in [3.63, 3.8) is 0 Å². The van der Waals surface area contributed by atoms with Crippen LogP contribution < -0.4 is 16.6 Å². The van der Waals surface area contributed by atoms with Crippen molar-refractivity contribution in [2.24, 2.45) is 5.84 Å². The highest BCUT2D eigenvalue weighted by molar-refractivity contribution is 5.94. The van der Waals surface area contributed by atoms with Crippen LogP contribution in [0.5, 0.6) is 0 Å². The van der Waals surface area contributed by atoms with Crippen molar-refractivity contribution >= 4 is 11.7 Å². The average Bonchev–Trinajstić information content (AvgIpc) is 2.28. The first-order valence-electron chi connectivity index (χ1n) is 4.91. The minimum Gasteiger partial charge on any atom is -0.355 e. The van der Waals surface area contributed by atoms with Crippen molar-refractivity contribution < 1.29 is 4.79 Å². The lowest BCUT2D eigenvalue weighted by Crippen LogP contribution is -2.19. The van der Waals surface area contributed by atoms with E-state index >= 15 is 0 Å². The van der Waals surface area contributed by atoms with Gasteiger partial charge in [0.15, 0.2) is 0 Å². The van der Waals surface area contributed by atoms with Crippen molar-refractivity contribution in [2.45, 2.75) is 19.8 Å². The molecule has 0 radical (unpaired) electrons. The maximum Gasteiger partial charge on any atom is 0.251 e. The minimum absolute atomic E-state index is 0.133. The van der Waals surface area contributed by atoms with Crippen LogP contribution in [0.2, 0.25) is 0 Å². The van der Waals surface area contributed by atoms with E-state index in [1.807, 2.05) is 0 Å². The molecule has 0 aliphatic heterocycles. The number of carbonyl (C=O) groups excluding carboxylic acids is 1. The normalized spacial score (nSPS) is 9.80. The van der Waals surface area contributed by atoms with Gasteiger partial charge >= 0.3 is 0 Å². The Labute approximate surface area is 89.0 Å². The number of amides is 1. The molecule has 1 aromatic rings. The molecule has 1 heterocycles. The Morgan fingerprint density at radius 3 is 2.80 bits per heavy atom. The molecule has 5 nitrogen and oxygen atoms in total. The summed E-state index contributed by atoms with van der Waals surface area (Å²) in [4.78, 5) is 15.7. The van der Waals surface area contributed by atoms with E-state index in [1.165, 1.54) is 0 Å². The number of anilines is 1. The number of nitrogens with two attached hydrogens (primary N) is 1. The Hall–Kier alpha value is -1.62. The summed E-state index contributed by atoms with van der Waals surface area (Å²) in [6.07, 6.45) is 1.81. The first-order chi connectivity index (χ1) is 7.21. The Morgan fingerprint density at radius 1 is 1.53 bits per heavy atom. The molecule has 0 saturated heterocycles. The molecule has 82 valence electrons. The molecule has 0 bridgehead atoms. The molecule has 0 spiro atoms. The van der Waals surface area contributed by atoms with Crippen LogP contribution in [0, 0.1) is 0 Å². The van der Waals surface area contributed by atoms with E-state index in [-0.39, 0.29) is 5.91 Å². The number of nitrogens with zero attached hydrogens (tertiary/aromatic N) is 1. The monoisotopic (exact) mass is 208 g/mol. The molecule has 0 unspecified atom stereocenters. The standard InChI is InChI=1S/C10H16N4O/c1-3-4-8-5-7(10(15)12-2)6-9(13-8)14-11/h5-6H,3-4,11H2,1-2H3,(H,12,15)(H,13,14). The zero-order valence-electron chi connectivity index (χ0n) is 9.00. The molecule has 5 heteroatoms. The smallest absolute Gasteiger partial charge is 0.251 e. The summed E-state index contributed by atoms with van der Waals surface area (Å²) >= 11 is 0. The van der Waals surface area contributed by atoms with Gasteiger partial charge in [-0.2, -0.15) is 0 Å². The number of nitrogen functional groups attached to an aromatic ring is 1. The second-order valence-corrected chi connectivity index (χ2v) is 3.21. The number of hydrogen-bond donors (Lipinski definition) is 3. The Bertz CT molecular complexity index is 351. The van der Waals surface area contributed by atoms with Crippen LogP contribution in [0.3, 0.4) is 0 Å². The fourth-order valence-electron chi connectivity index (χ4n) is 1.32. The summed E-state index contributed by atoms with van der Waals surface area (Å²) in [5.41, 5.74) is 3.89. The predicted molar refractivity (Wildman–Crippen MR) is 59.4 cm³/mol. The van der Waals surface area contributed by atoms with E-state index in [2.05, 4.69) is 22.7 Å². The van der Waals surface area contributed by atoms with E-state index < -0.39 is 0 Å². The third-order valence-corrected chi connectivity index (χ3v) is 2.02. The second kappa shape index (κ2) is 5.31. The molecule has 0 aromatic carbocycles. The third kappa shape index (κ3) is 2.92. The Balaban J connectivity index is 3.05. The maximum absolute atomic E-state index is 11.4. The molecule has 0 aliphatic rings. The van der Waals surface area contributed by atoms with Crippen molar-refractivity contribution in [2.75, 3.05) is 12.5 Å². The number of hydrogen-bond acceptors (Lipinski definition) is 4. The van der Waals surface area contributed by atoms with Gasteiger partial charge in [-0.25, -0.2) is 10.8 Å². The fourth-order valence-corrected chi connectivity index (χ4v) is 1.32. The van der Waals surface area contributed by atoms with Gasteiger partial charge in [-0.3, -0.25) is 4.79 Å². The van der Waals surface area contributed by atoms with Crippen LogP contribution in [0.4, 0.5) is 5.82 Å². The van der Waals surface area contributed by atoms with Crippen LogP contribution in [0.1, 0.15) is 29.4 Å². The number of aromatic nitrogens is 1. The second-order valence-electron chi connectivity index (χ2n) is 3.21. The molecular weight excluding hydrogens is 192 g/mol. The van der Waals surface area contributed by atoms with Crippen molar-refractivity contribution in [1.29, 1.82) is 0 Å². The highest BCUT2D eigenvalue weighted by atomic mass is 16.1. The number of pyridine rings is 1. The summed E-state index contributed by atoms with van der Waals surface area (Å²) in [7, 11) is 1.60. The highest BCUT2D eigenvalue weighted by Gasteiger charge is 2.07. The Morgan fingerprint density at radius 2 is 2.27 bits per heavy atom. The average molecular weight is 208 g/mol. The van der Waals surface area contributed by atoms with E-state index in [1.54, 1.807) is 19.2 Å². The van der Waals surface area contributed by atoms with Gasteiger partial charge in [0.25, 0.3) is 5.91 Å². The number of hydrazine groups is 1. The summed E-state index contributed by atoms with van der Waals surface area (Å²) in [6.45, 7) is 2.06. The highest BCUT2D eigenvalue weighted by Crippen LogP contribution is 2.11. The van der Waals surface area contributed by atoms with Crippen LogP contribution in [0.25, 0.3) is 0 Å². The minimum atomic E-state index is -0.133. The molecule has 0 atom stereocenters. The zero-order chi connectivity index (χ0) is 11.3. The molecule has 4 N–H and O–H groups in total. The van der Waals surface area contributed by atoms with Crippen LogP contribution in [0.15, 0.2) is 12.1 Å². The lowest BCUT2D eigenvalue weighted by atomic mass is 10.1. The Kier molecular flexibility index (Phi) is 4.05. The predicted octanol–water partition coefficient (Wildman–Crippen LogP) is 0.679. The van der Waals surface area contributed by atoms with E-state index in [9.17, 15) is 4.79 Å². The lowest BCUT2D eigenvalue weighted by Gasteiger charge is -2.06. The summed E-state index contributed by atoms with van der Waals surface area (Å²) in [6, 6.07) is 3.40. The van der Waals surface area contributed by atoms with Crippen molar-refractivity contribution in [3.05, 3.63) is 23.4 Å². The molecule has 1 aromatic heterocycles. The quantitative estimate of drug-likeness (QED) is 0.502. The van der Waals surface area contributed by atoms with Gasteiger partial charge in [-0.1, -0.05) is 13.3 Å². The number of aryl methyl sites for hydroxylation is 1. The first kappa shape index (κ1) is 11.5. The van der Waals surface area contributed by atoms with Crippen LogP contribution in [-0.4, -0.2) is 17.9 Å². The molecule has 0 fully saturated rings. The molecule has 0 saturated carbocycles. The van der Waals surface area contributed by atoms with Crippen LogP contribution >= 0.6 is 0 Å². The fraction of sp³-hybridized carbons (Fsp3) is 0.400. The van der Waals surface area contributed by atoms with Crippen LogP contribution in [-0.2, 0) is 6.42 Å². The summed E-state index contributed by atoms with van der Waals surface area (Å²) < 4.78 is 0. The van der Waals surface area contributed by atoms with E-state index in [0.717, 1.165) is 18.5 Å². The first-order valence-corrected chi connectivity index (χ1v) is 4.91. The summed E-state index contributed by atoms with van der Waals surface area (Å²) in [5.74, 6) is 5.66. The van der Waals surface area contributed by atoms with Gasteiger partial charge < -0.3 is 10.7 Å². The molecule has 1 rings (SSSR count). The van der Waals surface area contributed by atoms with Gasteiger partial charge in [-0.05, 0) is 18.6 Å². The molecule has 0 aliphatic carbocycles. The third-order valence-electron chi connectivity index (χ3n) is 2.02. The van der Waals surface area contributed by atoms with Gasteiger partial charge in [0.1, 0.15) is 5.82 Å². The van der Waals surface area contributed by atoms with Gasteiger partial charge in [0.05, 0.1) is 0 Å². The van der Waals surface area contributed by atoms with Gasteiger partial charge in [0.2, 0.25) is 0 Å². The van der Waals surface area contributed by atoms with Gasteiger partial charge in [0, 0.05) is 18.3 Å². The number of carbonyl (C=O) groups is 1. The van der Waals surface area contributed by atoms with Gasteiger partial charge in [-0.15, -0.1) is 0 Å².